The minimum atomic E-state index is 1.21. The molecule has 0 aliphatic heterocycles. The number of hydrogen-bond acceptors (Lipinski definition) is 0. The Morgan fingerprint density at radius 2 is 1.23 bits per heavy atom. The third-order valence-electron chi connectivity index (χ3n) is 2.51. The van der Waals surface area contributed by atoms with Crippen molar-refractivity contribution in [1.29, 1.82) is 0 Å². The molecular weight excluding hydrogens is 171 g/mol. The normalized spacial score (nSPS) is 10.2. The zero-order valence-electron chi connectivity index (χ0n) is 9.36. The minimum Gasteiger partial charge on any atom is -0.103 e. The molecule has 0 saturated heterocycles. The van der Waals surface area contributed by atoms with Crippen molar-refractivity contribution in [2.75, 3.05) is 0 Å². The summed E-state index contributed by atoms with van der Waals surface area (Å²) in [7, 11) is 0. The van der Waals surface area contributed by atoms with E-state index in [1.165, 1.54) is 79.4 Å². The molecule has 0 nitrogen and oxygen atoms in total. The van der Waals surface area contributed by atoms with Gasteiger partial charge < -0.3 is 0 Å². The summed E-state index contributed by atoms with van der Waals surface area (Å²) in [5.74, 6) is 0. The molecule has 0 aliphatic rings. The van der Waals surface area contributed by atoms with Gasteiger partial charge in [-0.05, 0) is 12.8 Å². The van der Waals surface area contributed by atoms with E-state index in [1.54, 1.807) is 0 Å². The van der Waals surface area contributed by atoms with Gasteiger partial charge in [-0.2, -0.15) is 0 Å². The molecule has 0 aliphatic carbocycles. The Hall–Kier alpha value is 0.272. The molecule has 0 aromatic rings. The van der Waals surface area contributed by atoms with Crippen molar-refractivity contribution < 1.29 is 0 Å². The average molecular weight is 196 g/mol. The van der Waals surface area contributed by atoms with Gasteiger partial charge in [0.1, 0.15) is 0 Å². The molecule has 0 atom stereocenters. The Morgan fingerprint density at radius 1 is 0.769 bits per heavy atom. The second kappa shape index (κ2) is 12.3. The van der Waals surface area contributed by atoms with E-state index in [4.69, 9.17) is 0 Å². The van der Waals surface area contributed by atoms with Gasteiger partial charge in [0.2, 0.25) is 16.3 Å². The van der Waals surface area contributed by atoms with Crippen LogP contribution in [0.1, 0.15) is 57.8 Å². The van der Waals surface area contributed by atoms with Crippen LogP contribution in [-0.4, -0.2) is 16.3 Å². The van der Waals surface area contributed by atoms with Crippen LogP contribution in [-0.2, 0) is 0 Å². The molecule has 0 unspecified atom stereocenters. The van der Waals surface area contributed by atoms with E-state index in [9.17, 15) is 0 Å². The van der Waals surface area contributed by atoms with Gasteiger partial charge in [0.25, 0.3) is 0 Å². The summed E-state index contributed by atoms with van der Waals surface area (Å²) in [4.78, 5) is 0. The Morgan fingerprint density at radius 3 is 1.69 bits per heavy atom. The molecule has 0 aromatic carbocycles. The van der Waals surface area contributed by atoms with Crippen molar-refractivity contribution in [1.82, 2.24) is 0 Å². The average Bonchev–Trinajstić information content (AvgIpc) is 2.16. The summed E-state index contributed by atoms with van der Waals surface area (Å²) >= 11 is 1.40. The highest BCUT2D eigenvalue weighted by atomic mass is 27.0. The zero-order chi connectivity index (χ0) is 9.78. The molecule has 0 radical (unpaired) electrons. The highest BCUT2D eigenvalue weighted by Gasteiger charge is 1.90. The third kappa shape index (κ3) is 12.3. The van der Waals surface area contributed by atoms with E-state index in [0.29, 0.717) is 0 Å². The zero-order valence-corrected chi connectivity index (χ0v) is 11.4. The molecule has 0 rings (SSSR count). The van der Waals surface area contributed by atoms with Crippen LogP contribution in [0.15, 0.2) is 12.7 Å². The van der Waals surface area contributed by atoms with E-state index in [1.807, 2.05) is 6.08 Å². The molecule has 0 bridgehead atoms. The first-order valence-corrected chi connectivity index (χ1v) is 7.44. The Kier molecular flexibility index (Phi) is 12.5. The maximum atomic E-state index is 3.73. The van der Waals surface area contributed by atoms with Gasteiger partial charge in [0.15, 0.2) is 0 Å². The van der Waals surface area contributed by atoms with Crippen LogP contribution in [0.5, 0.6) is 0 Å². The van der Waals surface area contributed by atoms with Gasteiger partial charge in [-0.25, -0.2) is 0 Å². The highest BCUT2D eigenvalue weighted by molar-refractivity contribution is 6.08. The largest absolute Gasteiger partial charge is 0.211 e. The lowest BCUT2D eigenvalue weighted by Gasteiger charge is -2.00. The summed E-state index contributed by atoms with van der Waals surface area (Å²) < 4.78 is 0. The predicted octanol–water partition coefficient (Wildman–Crippen LogP) is 3.73. The van der Waals surface area contributed by atoms with E-state index in [0.717, 1.165) is 0 Å². The Bertz CT molecular complexity index is 99.3. The summed E-state index contributed by atoms with van der Waals surface area (Å²) in [6.07, 6.45) is 14.8. The van der Waals surface area contributed by atoms with Crippen molar-refractivity contribution in [3.05, 3.63) is 12.7 Å². The van der Waals surface area contributed by atoms with Gasteiger partial charge in [0.05, 0.1) is 0 Å². The SMILES string of the molecule is C=CCCCCCCCCC[CH2][AlH2]. The lowest BCUT2D eigenvalue weighted by Crippen LogP contribution is -1.80. The van der Waals surface area contributed by atoms with E-state index < -0.39 is 0 Å². The molecule has 0 amide bonds. The molecule has 1 heteroatoms. The van der Waals surface area contributed by atoms with Crippen molar-refractivity contribution in [3.8, 4) is 0 Å². The van der Waals surface area contributed by atoms with Crippen molar-refractivity contribution in [2.24, 2.45) is 0 Å². The van der Waals surface area contributed by atoms with Crippen LogP contribution in [0.2, 0.25) is 5.28 Å². The molecule has 0 fully saturated rings. The van der Waals surface area contributed by atoms with Crippen LogP contribution in [0.3, 0.4) is 0 Å². The van der Waals surface area contributed by atoms with Gasteiger partial charge >= 0.3 is 0 Å². The molecular formula is C12H25Al. The van der Waals surface area contributed by atoms with Crippen LogP contribution in [0, 0.1) is 0 Å². The van der Waals surface area contributed by atoms with Crippen LogP contribution < -0.4 is 0 Å². The predicted molar refractivity (Wildman–Crippen MR) is 65.1 cm³/mol. The first kappa shape index (κ1) is 13.3. The maximum Gasteiger partial charge on any atom is 0.211 e. The van der Waals surface area contributed by atoms with E-state index in [-0.39, 0.29) is 0 Å². The molecule has 0 saturated carbocycles. The number of rotatable bonds is 10. The fourth-order valence-electron chi connectivity index (χ4n) is 1.60. The summed E-state index contributed by atoms with van der Waals surface area (Å²) in [6, 6.07) is 0. The molecule has 0 aromatic heterocycles. The van der Waals surface area contributed by atoms with Crippen LogP contribution >= 0.6 is 0 Å². The Balaban J connectivity index is 2.79. The van der Waals surface area contributed by atoms with E-state index in [2.05, 4.69) is 6.58 Å². The van der Waals surface area contributed by atoms with E-state index >= 15 is 0 Å². The molecule has 76 valence electrons. The second-order valence-corrected chi connectivity index (χ2v) is 4.91. The molecule has 0 heterocycles. The first-order chi connectivity index (χ1) is 6.41. The Labute approximate surface area is 92.2 Å². The summed E-state index contributed by atoms with van der Waals surface area (Å²) in [5, 5.41) is 1.50. The fourth-order valence-corrected chi connectivity index (χ4v) is 2.10. The summed E-state index contributed by atoms with van der Waals surface area (Å²) in [6.45, 7) is 3.73. The lowest BCUT2D eigenvalue weighted by molar-refractivity contribution is 0.578. The maximum absolute atomic E-state index is 3.73. The van der Waals surface area contributed by atoms with Crippen molar-refractivity contribution in [3.63, 3.8) is 0 Å². The monoisotopic (exact) mass is 196 g/mol. The molecule has 13 heavy (non-hydrogen) atoms. The molecule has 0 spiro atoms. The second-order valence-electron chi connectivity index (χ2n) is 3.91. The van der Waals surface area contributed by atoms with Crippen molar-refractivity contribution in [2.45, 2.75) is 63.1 Å². The highest BCUT2D eigenvalue weighted by Crippen LogP contribution is 2.10. The van der Waals surface area contributed by atoms with Gasteiger partial charge in [-0.15, -0.1) is 11.9 Å². The fraction of sp³-hybridized carbons (Fsp3) is 0.833. The smallest absolute Gasteiger partial charge is 0.103 e. The number of unbranched alkanes of at least 4 members (excludes halogenated alkanes) is 8. The van der Waals surface area contributed by atoms with Gasteiger partial charge in [-0.3, -0.25) is 0 Å². The van der Waals surface area contributed by atoms with Gasteiger partial charge in [0, 0.05) is 0 Å². The minimum absolute atomic E-state index is 1.21. The number of hydrogen-bond donors (Lipinski definition) is 0. The first-order valence-electron chi connectivity index (χ1n) is 6.02. The lowest BCUT2D eigenvalue weighted by atomic mass is 10.1. The van der Waals surface area contributed by atoms with Crippen LogP contribution in [0.4, 0.5) is 0 Å². The quantitative estimate of drug-likeness (QED) is 0.284. The standard InChI is InChI=1S/C12H23.Al.2H/c1-3-5-7-9-11-12-10-8-6-4-2;;;/h3H,1-2,4-12H2;;;. The summed E-state index contributed by atoms with van der Waals surface area (Å²) in [5.41, 5.74) is 0. The van der Waals surface area contributed by atoms with Gasteiger partial charge in [-0.1, -0.05) is 51.0 Å². The molecule has 0 N–H and O–H groups in total. The third-order valence-corrected chi connectivity index (χ3v) is 3.22. The van der Waals surface area contributed by atoms with Crippen molar-refractivity contribution >= 4 is 16.3 Å². The topological polar surface area (TPSA) is 0 Å². The van der Waals surface area contributed by atoms with Crippen LogP contribution in [0.25, 0.3) is 0 Å². The number of allylic oxidation sites excluding steroid dienone is 1.